The zero-order valence-corrected chi connectivity index (χ0v) is 12.4. The predicted molar refractivity (Wildman–Crippen MR) is 74.1 cm³/mol. The molecule has 0 unspecified atom stereocenters. The molecule has 2 rings (SSSR count). The minimum atomic E-state index is -4.54. The number of carbonyl (C=O) groups is 1. The molecule has 0 spiro atoms. The van der Waals surface area contributed by atoms with E-state index in [2.05, 4.69) is 31.2 Å². The van der Waals surface area contributed by atoms with Crippen molar-refractivity contribution in [1.82, 2.24) is 9.97 Å². The normalized spacial score (nSPS) is 11.3. The van der Waals surface area contributed by atoms with Crippen molar-refractivity contribution in [3.8, 4) is 0 Å². The largest absolute Gasteiger partial charge is 0.416 e. The van der Waals surface area contributed by atoms with E-state index in [1.54, 1.807) is 0 Å². The average Bonchev–Trinajstić information content (AvgIpc) is 2.40. The van der Waals surface area contributed by atoms with Crippen LogP contribution in [0.1, 0.15) is 15.9 Å². The molecule has 0 aliphatic heterocycles. The fourth-order valence-corrected chi connectivity index (χ4v) is 2.03. The van der Waals surface area contributed by atoms with E-state index >= 15 is 0 Å². The number of nitrogens with zero attached hydrogens (tertiary/aromatic N) is 2. The third-order valence-electron chi connectivity index (χ3n) is 2.42. The molecule has 0 atom stereocenters. The number of halogens is 5. The van der Waals surface area contributed by atoms with Crippen molar-refractivity contribution >= 4 is 39.3 Å². The fraction of sp³-hybridized carbons (Fsp3) is 0.0833. The van der Waals surface area contributed by atoms with Gasteiger partial charge >= 0.3 is 6.18 Å². The summed E-state index contributed by atoms with van der Waals surface area (Å²) >= 11 is 8.75. The lowest BCUT2D eigenvalue weighted by molar-refractivity contribution is -0.137. The van der Waals surface area contributed by atoms with Crippen molar-refractivity contribution < 1.29 is 18.0 Å². The highest BCUT2D eigenvalue weighted by atomic mass is 79.9. The SMILES string of the molecule is O=C(Nc1nccnc1Cl)c1cc(C(F)(F)F)ccc1Br. The first-order valence-corrected chi connectivity index (χ1v) is 6.60. The highest BCUT2D eigenvalue weighted by Crippen LogP contribution is 2.32. The van der Waals surface area contributed by atoms with Crippen LogP contribution in [0.25, 0.3) is 0 Å². The van der Waals surface area contributed by atoms with Gasteiger partial charge in [0, 0.05) is 16.9 Å². The molecule has 0 fully saturated rings. The van der Waals surface area contributed by atoms with Gasteiger partial charge in [0.1, 0.15) is 0 Å². The zero-order valence-electron chi connectivity index (χ0n) is 10.1. The van der Waals surface area contributed by atoms with Gasteiger partial charge in [-0.1, -0.05) is 11.6 Å². The van der Waals surface area contributed by atoms with Crippen molar-refractivity contribution in [2.24, 2.45) is 0 Å². The van der Waals surface area contributed by atoms with Crippen LogP contribution in [0, 0.1) is 0 Å². The number of carbonyl (C=O) groups excluding carboxylic acids is 1. The molecule has 0 saturated heterocycles. The Balaban J connectivity index is 2.33. The summed E-state index contributed by atoms with van der Waals surface area (Å²) in [7, 11) is 0. The van der Waals surface area contributed by atoms with Crippen molar-refractivity contribution in [3.05, 3.63) is 51.3 Å². The van der Waals surface area contributed by atoms with Gasteiger partial charge in [0.15, 0.2) is 11.0 Å². The summed E-state index contributed by atoms with van der Waals surface area (Å²) < 4.78 is 38.2. The van der Waals surface area contributed by atoms with Crippen LogP contribution >= 0.6 is 27.5 Å². The van der Waals surface area contributed by atoms with E-state index in [4.69, 9.17) is 11.6 Å². The van der Waals surface area contributed by atoms with Crippen LogP contribution in [0.2, 0.25) is 5.15 Å². The Labute approximate surface area is 130 Å². The smallest absolute Gasteiger partial charge is 0.304 e. The van der Waals surface area contributed by atoms with Gasteiger partial charge in [-0.2, -0.15) is 13.2 Å². The second-order valence-electron chi connectivity index (χ2n) is 3.84. The summed E-state index contributed by atoms with van der Waals surface area (Å²) in [5.74, 6) is -0.816. The number of benzene rings is 1. The molecule has 0 radical (unpaired) electrons. The molecule has 4 nitrogen and oxygen atoms in total. The maximum absolute atomic E-state index is 12.7. The standard InChI is InChI=1S/C12H6BrClF3N3O/c13-8-2-1-6(12(15,16)17)5-7(8)11(21)20-10-9(14)18-3-4-19-10/h1-5H,(H,19,20,21). The first kappa shape index (κ1) is 15.7. The number of hydrogen-bond acceptors (Lipinski definition) is 3. The summed E-state index contributed by atoms with van der Waals surface area (Å²) in [6.07, 6.45) is -1.93. The maximum atomic E-state index is 12.7. The molecule has 2 aromatic rings. The van der Waals surface area contributed by atoms with Crippen molar-refractivity contribution in [2.45, 2.75) is 6.18 Å². The van der Waals surface area contributed by atoms with E-state index in [0.717, 1.165) is 18.2 Å². The van der Waals surface area contributed by atoms with Gasteiger partial charge in [0.25, 0.3) is 5.91 Å². The Hall–Kier alpha value is -1.67. The van der Waals surface area contributed by atoms with E-state index in [9.17, 15) is 18.0 Å². The molecule has 1 N–H and O–H groups in total. The van der Waals surface area contributed by atoms with Gasteiger partial charge in [-0.05, 0) is 34.1 Å². The second-order valence-corrected chi connectivity index (χ2v) is 5.05. The van der Waals surface area contributed by atoms with Gasteiger partial charge in [0.05, 0.1) is 11.1 Å². The van der Waals surface area contributed by atoms with Crippen LogP contribution in [0.5, 0.6) is 0 Å². The molecular weight excluding hydrogens is 375 g/mol. The quantitative estimate of drug-likeness (QED) is 0.851. The number of aromatic nitrogens is 2. The van der Waals surface area contributed by atoms with Crippen LogP contribution < -0.4 is 5.32 Å². The number of rotatable bonds is 2. The summed E-state index contributed by atoms with van der Waals surface area (Å²) in [5, 5.41) is 2.24. The van der Waals surface area contributed by atoms with E-state index in [1.165, 1.54) is 12.4 Å². The number of alkyl halides is 3. The Kier molecular flexibility index (Phi) is 4.48. The lowest BCUT2D eigenvalue weighted by Crippen LogP contribution is -2.16. The van der Waals surface area contributed by atoms with E-state index < -0.39 is 17.6 Å². The fourth-order valence-electron chi connectivity index (χ4n) is 1.46. The van der Waals surface area contributed by atoms with Gasteiger partial charge in [-0.15, -0.1) is 0 Å². The minimum Gasteiger partial charge on any atom is -0.304 e. The molecule has 1 amide bonds. The van der Waals surface area contributed by atoms with Crippen molar-refractivity contribution in [1.29, 1.82) is 0 Å². The van der Waals surface area contributed by atoms with Gasteiger partial charge in [-0.25, -0.2) is 9.97 Å². The molecule has 9 heteroatoms. The highest BCUT2D eigenvalue weighted by molar-refractivity contribution is 9.10. The monoisotopic (exact) mass is 379 g/mol. The minimum absolute atomic E-state index is 0.0338. The third-order valence-corrected chi connectivity index (χ3v) is 3.39. The lowest BCUT2D eigenvalue weighted by Gasteiger charge is -2.11. The molecule has 21 heavy (non-hydrogen) atoms. The summed E-state index contributed by atoms with van der Waals surface area (Å²) in [6.45, 7) is 0. The van der Waals surface area contributed by atoms with Crippen LogP contribution in [-0.4, -0.2) is 15.9 Å². The predicted octanol–water partition coefficient (Wildman–Crippen LogP) is 4.16. The van der Waals surface area contributed by atoms with Crippen LogP contribution in [-0.2, 0) is 6.18 Å². The second kappa shape index (κ2) is 5.98. The molecule has 0 saturated carbocycles. The molecule has 1 heterocycles. The van der Waals surface area contributed by atoms with Crippen LogP contribution in [0.3, 0.4) is 0 Å². The number of hydrogen-bond donors (Lipinski definition) is 1. The van der Waals surface area contributed by atoms with Gasteiger partial charge in [-0.3, -0.25) is 4.79 Å². The summed E-state index contributed by atoms with van der Waals surface area (Å²) in [6, 6.07) is 2.76. The Bertz CT molecular complexity index is 694. The summed E-state index contributed by atoms with van der Waals surface area (Å²) in [4.78, 5) is 19.5. The molecule has 0 bridgehead atoms. The van der Waals surface area contributed by atoms with E-state index in [0.29, 0.717) is 0 Å². The molecular formula is C12H6BrClF3N3O. The van der Waals surface area contributed by atoms with Gasteiger partial charge < -0.3 is 5.32 Å². The Morgan fingerprint density at radius 1 is 1.24 bits per heavy atom. The number of nitrogens with one attached hydrogen (secondary N) is 1. The molecule has 0 aliphatic rings. The molecule has 1 aromatic heterocycles. The van der Waals surface area contributed by atoms with Gasteiger partial charge in [0.2, 0.25) is 0 Å². The average molecular weight is 381 g/mol. The van der Waals surface area contributed by atoms with E-state index in [1.807, 2.05) is 0 Å². The topological polar surface area (TPSA) is 54.9 Å². The first-order valence-electron chi connectivity index (χ1n) is 5.43. The molecule has 1 aromatic carbocycles. The van der Waals surface area contributed by atoms with Crippen LogP contribution in [0.15, 0.2) is 35.1 Å². The highest BCUT2D eigenvalue weighted by Gasteiger charge is 2.31. The zero-order chi connectivity index (χ0) is 15.6. The lowest BCUT2D eigenvalue weighted by atomic mass is 10.1. The van der Waals surface area contributed by atoms with E-state index in [-0.39, 0.29) is 21.0 Å². The maximum Gasteiger partial charge on any atom is 0.416 e. The van der Waals surface area contributed by atoms with Crippen molar-refractivity contribution in [2.75, 3.05) is 5.32 Å². The Morgan fingerprint density at radius 3 is 2.52 bits per heavy atom. The Morgan fingerprint density at radius 2 is 1.90 bits per heavy atom. The first-order chi connectivity index (χ1) is 9.79. The number of anilines is 1. The molecule has 110 valence electrons. The number of amides is 1. The van der Waals surface area contributed by atoms with Crippen LogP contribution in [0.4, 0.5) is 19.0 Å². The summed E-state index contributed by atoms with van der Waals surface area (Å²) in [5.41, 5.74) is -1.12. The molecule has 0 aliphatic carbocycles. The van der Waals surface area contributed by atoms with Crippen molar-refractivity contribution in [3.63, 3.8) is 0 Å². The third kappa shape index (κ3) is 3.70.